The molecule has 1 aliphatic carbocycles. The number of benzene rings is 1. The quantitative estimate of drug-likeness (QED) is 0.757. The normalized spacial score (nSPS) is 16.4. The van der Waals surface area contributed by atoms with Gasteiger partial charge in [0, 0.05) is 28.8 Å². The number of rotatable bonds is 1. The third-order valence-corrected chi connectivity index (χ3v) is 3.70. The average Bonchev–Trinajstić information content (AvgIpc) is 2.94. The predicted octanol–water partition coefficient (Wildman–Crippen LogP) is 3.21. The highest BCUT2D eigenvalue weighted by Crippen LogP contribution is 2.34. The van der Waals surface area contributed by atoms with Crippen LogP contribution in [0.2, 0.25) is 0 Å². The minimum atomic E-state index is 0.559. The van der Waals surface area contributed by atoms with Crippen molar-refractivity contribution in [2.45, 2.75) is 31.7 Å². The van der Waals surface area contributed by atoms with E-state index in [0.717, 1.165) is 22.2 Å². The Morgan fingerprint density at radius 2 is 2.06 bits per heavy atom. The smallest absolute Gasteiger partial charge is 0.101 e. The van der Waals surface area contributed by atoms with Crippen molar-refractivity contribution in [1.82, 2.24) is 4.57 Å². The van der Waals surface area contributed by atoms with Gasteiger partial charge in [-0.3, -0.25) is 0 Å². The fraction of sp³-hybridized carbons (Fsp3) is 0.357. The van der Waals surface area contributed by atoms with Gasteiger partial charge in [0.1, 0.15) is 6.07 Å². The Bertz CT molecular complexity index is 598. The highest BCUT2D eigenvalue weighted by atomic mass is 15.0. The number of aromatic nitrogens is 1. The topological polar surface area (TPSA) is 54.7 Å². The maximum absolute atomic E-state index is 9.18. The summed E-state index contributed by atoms with van der Waals surface area (Å²) in [6, 6.07) is 8.67. The van der Waals surface area contributed by atoms with Gasteiger partial charge in [0.2, 0.25) is 0 Å². The van der Waals surface area contributed by atoms with Crippen molar-refractivity contribution >= 4 is 16.6 Å². The molecule has 1 fully saturated rings. The Kier molecular flexibility index (Phi) is 2.29. The van der Waals surface area contributed by atoms with E-state index in [-0.39, 0.29) is 0 Å². The van der Waals surface area contributed by atoms with Crippen LogP contribution in [-0.2, 0) is 0 Å². The molecular weight excluding hydrogens is 210 g/mol. The zero-order valence-electron chi connectivity index (χ0n) is 9.69. The SMILES string of the molecule is N#Cc1cn(C2CCCC2)c2ccc(N)cc12. The first-order chi connectivity index (χ1) is 8.29. The number of hydrogen-bond acceptors (Lipinski definition) is 2. The molecule has 1 aromatic carbocycles. The Hall–Kier alpha value is -1.95. The van der Waals surface area contributed by atoms with E-state index in [9.17, 15) is 5.26 Å². The summed E-state index contributed by atoms with van der Waals surface area (Å²) >= 11 is 0. The molecule has 0 aliphatic heterocycles. The summed E-state index contributed by atoms with van der Waals surface area (Å²) in [6.45, 7) is 0. The van der Waals surface area contributed by atoms with Crippen molar-refractivity contribution in [2.75, 3.05) is 5.73 Å². The maximum Gasteiger partial charge on any atom is 0.101 e. The van der Waals surface area contributed by atoms with Gasteiger partial charge in [-0.15, -0.1) is 0 Å². The number of anilines is 1. The summed E-state index contributed by atoms with van der Waals surface area (Å²) in [5, 5.41) is 10.2. The van der Waals surface area contributed by atoms with Gasteiger partial charge in [0.05, 0.1) is 5.56 Å². The molecule has 17 heavy (non-hydrogen) atoms. The Morgan fingerprint density at radius 3 is 2.76 bits per heavy atom. The summed E-state index contributed by atoms with van der Waals surface area (Å²) in [7, 11) is 0. The third kappa shape index (κ3) is 1.57. The molecule has 0 saturated heterocycles. The lowest BCUT2D eigenvalue weighted by Gasteiger charge is -2.13. The molecule has 0 amide bonds. The van der Waals surface area contributed by atoms with E-state index in [1.165, 1.54) is 25.7 Å². The van der Waals surface area contributed by atoms with Crippen molar-refractivity contribution in [3.63, 3.8) is 0 Å². The number of nitrogens with zero attached hydrogens (tertiary/aromatic N) is 2. The van der Waals surface area contributed by atoms with E-state index in [4.69, 9.17) is 5.73 Å². The Balaban J connectivity index is 2.22. The molecule has 3 nitrogen and oxygen atoms in total. The number of nitrogens with two attached hydrogens (primary N) is 1. The largest absolute Gasteiger partial charge is 0.399 e. The van der Waals surface area contributed by atoms with E-state index in [2.05, 4.69) is 10.6 Å². The standard InChI is InChI=1S/C14H15N3/c15-8-10-9-17(12-3-1-2-4-12)14-6-5-11(16)7-13(10)14/h5-7,9,12H,1-4,16H2. The molecule has 0 bridgehead atoms. The van der Waals surface area contributed by atoms with Crippen LogP contribution in [0.1, 0.15) is 37.3 Å². The maximum atomic E-state index is 9.18. The van der Waals surface area contributed by atoms with E-state index in [1.807, 2.05) is 24.4 Å². The number of nitriles is 1. The van der Waals surface area contributed by atoms with E-state index in [1.54, 1.807) is 0 Å². The van der Waals surface area contributed by atoms with E-state index < -0.39 is 0 Å². The molecular formula is C14H15N3. The zero-order valence-corrected chi connectivity index (χ0v) is 9.69. The summed E-state index contributed by atoms with van der Waals surface area (Å²) in [5.41, 5.74) is 8.39. The van der Waals surface area contributed by atoms with Crippen LogP contribution < -0.4 is 5.73 Å². The molecule has 86 valence electrons. The molecule has 3 rings (SSSR count). The minimum Gasteiger partial charge on any atom is -0.399 e. The first kappa shape index (κ1) is 10.2. The van der Waals surface area contributed by atoms with Crippen LogP contribution in [0.3, 0.4) is 0 Å². The van der Waals surface area contributed by atoms with Gasteiger partial charge in [0.15, 0.2) is 0 Å². The number of hydrogen-bond donors (Lipinski definition) is 1. The van der Waals surface area contributed by atoms with Crippen LogP contribution in [0.15, 0.2) is 24.4 Å². The van der Waals surface area contributed by atoms with Crippen molar-refractivity contribution in [3.8, 4) is 6.07 Å². The number of fused-ring (bicyclic) bond motifs is 1. The van der Waals surface area contributed by atoms with Gasteiger partial charge in [-0.1, -0.05) is 12.8 Å². The van der Waals surface area contributed by atoms with Gasteiger partial charge >= 0.3 is 0 Å². The first-order valence-electron chi connectivity index (χ1n) is 6.10. The molecule has 1 saturated carbocycles. The van der Waals surface area contributed by atoms with Crippen LogP contribution in [-0.4, -0.2) is 4.57 Å². The van der Waals surface area contributed by atoms with Gasteiger partial charge in [-0.2, -0.15) is 5.26 Å². The second kappa shape index (κ2) is 3.81. The van der Waals surface area contributed by atoms with Gasteiger partial charge in [-0.25, -0.2) is 0 Å². The molecule has 0 radical (unpaired) electrons. The van der Waals surface area contributed by atoms with Crippen LogP contribution >= 0.6 is 0 Å². The lowest BCUT2D eigenvalue weighted by atomic mass is 10.1. The monoisotopic (exact) mass is 225 g/mol. The lowest BCUT2D eigenvalue weighted by Crippen LogP contribution is -2.02. The first-order valence-corrected chi connectivity index (χ1v) is 6.10. The van der Waals surface area contributed by atoms with Crippen LogP contribution in [0.25, 0.3) is 10.9 Å². The second-order valence-corrected chi connectivity index (χ2v) is 4.78. The fourth-order valence-corrected chi connectivity index (χ4v) is 2.85. The number of nitrogen functional groups attached to an aromatic ring is 1. The predicted molar refractivity (Wildman–Crippen MR) is 68.6 cm³/mol. The van der Waals surface area contributed by atoms with Gasteiger partial charge in [-0.05, 0) is 31.0 Å². The Labute approximate surface area is 100 Å². The second-order valence-electron chi connectivity index (χ2n) is 4.78. The zero-order chi connectivity index (χ0) is 11.8. The van der Waals surface area contributed by atoms with Crippen LogP contribution in [0.4, 0.5) is 5.69 Å². The molecule has 3 heteroatoms. The molecule has 1 aliphatic rings. The molecule has 1 aromatic heterocycles. The molecule has 2 aromatic rings. The van der Waals surface area contributed by atoms with Gasteiger partial charge < -0.3 is 10.3 Å². The van der Waals surface area contributed by atoms with Crippen molar-refractivity contribution in [2.24, 2.45) is 0 Å². The molecule has 0 unspecified atom stereocenters. The van der Waals surface area contributed by atoms with Gasteiger partial charge in [0.25, 0.3) is 0 Å². The Morgan fingerprint density at radius 1 is 1.29 bits per heavy atom. The summed E-state index contributed by atoms with van der Waals surface area (Å²) < 4.78 is 2.26. The summed E-state index contributed by atoms with van der Waals surface area (Å²) in [6.07, 6.45) is 7.01. The van der Waals surface area contributed by atoms with E-state index in [0.29, 0.717) is 6.04 Å². The summed E-state index contributed by atoms with van der Waals surface area (Å²) in [5.74, 6) is 0. The van der Waals surface area contributed by atoms with Crippen molar-refractivity contribution in [3.05, 3.63) is 30.0 Å². The van der Waals surface area contributed by atoms with Crippen LogP contribution in [0.5, 0.6) is 0 Å². The van der Waals surface area contributed by atoms with Crippen LogP contribution in [0, 0.1) is 11.3 Å². The lowest BCUT2D eigenvalue weighted by molar-refractivity contribution is 0.535. The molecule has 0 spiro atoms. The van der Waals surface area contributed by atoms with E-state index >= 15 is 0 Å². The third-order valence-electron chi connectivity index (χ3n) is 3.70. The fourth-order valence-electron chi connectivity index (χ4n) is 2.85. The van der Waals surface area contributed by atoms with Crippen molar-refractivity contribution in [1.29, 1.82) is 5.26 Å². The highest BCUT2D eigenvalue weighted by molar-refractivity contribution is 5.89. The summed E-state index contributed by atoms with van der Waals surface area (Å²) in [4.78, 5) is 0. The van der Waals surface area contributed by atoms with Crippen molar-refractivity contribution < 1.29 is 0 Å². The average molecular weight is 225 g/mol. The minimum absolute atomic E-state index is 0.559. The molecule has 0 atom stereocenters. The molecule has 1 heterocycles. The molecule has 2 N–H and O–H groups in total. The highest BCUT2D eigenvalue weighted by Gasteiger charge is 2.19.